The van der Waals surface area contributed by atoms with Gasteiger partial charge in [-0.15, -0.1) is 5.10 Å². The highest BCUT2D eigenvalue weighted by Gasteiger charge is 2.42. The molecule has 0 aromatic carbocycles. The highest BCUT2D eigenvalue weighted by Crippen LogP contribution is 2.40. The molecule has 0 spiro atoms. The maximum atomic E-state index is 13.8. The van der Waals surface area contributed by atoms with E-state index >= 15 is 0 Å². The molecular formula is C24H26FN9O3. The quantitative estimate of drug-likeness (QED) is 0.403. The van der Waals surface area contributed by atoms with Gasteiger partial charge in [0.25, 0.3) is 5.91 Å². The van der Waals surface area contributed by atoms with E-state index in [-0.39, 0.29) is 22.8 Å². The molecule has 1 saturated carbocycles. The van der Waals surface area contributed by atoms with Gasteiger partial charge in [0, 0.05) is 31.7 Å². The van der Waals surface area contributed by atoms with Crippen molar-refractivity contribution in [2.75, 3.05) is 31.6 Å². The molecule has 5 heterocycles. The number of amides is 1. The Labute approximate surface area is 211 Å². The number of aromatic amines is 1. The molecule has 4 aromatic rings. The summed E-state index contributed by atoms with van der Waals surface area (Å²) in [6.45, 7) is 2.98. The van der Waals surface area contributed by atoms with E-state index in [2.05, 4.69) is 35.4 Å². The first kappa shape index (κ1) is 23.4. The molecule has 0 unspecified atom stereocenters. The van der Waals surface area contributed by atoms with Crippen LogP contribution in [0.25, 0.3) is 22.8 Å². The Balaban J connectivity index is 1.36. The second-order valence-electron chi connectivity index (χ2n) is 9.15. The zero-order valence-electron chi connectivity index (χ0n) is 20.1. The number of H-pyrrole nitrogens is 1. The average Bonchev–Trinajstić information content (AvgIpc) is 3.70. The minimum Gasteiger partial charge on any atom is -0.443 e. The fraction of sp³-hybridized carbons (Fsp3) is 0.417. The number of nitrogens with zero attached hydrogens (tertiary/aromatic N) is 7. The van der Waals surface area contributed by atoms with Crippen molar-refractivity contribution in [3.8, 4) is 22.8 Å². The Morgan fingerprint density at radius 1 is 1.16 bits per heavy atom. The van der Waals surface area contributed by atoms with Crippen molar-refractivity contribution in [1.82, 2.24) is 39.8 Å². The molecule has 12 nitrogen and oxygen atoms in total. The van der Waals surface area contributed by atoms with Gasteiger partial charge in [-0.1, -0.05) is 6.42 Å². The molecule has 6 rings (SSSR count). The standard InChI is InChI=1S/C24H26FN9O3/c25-21-16(12-28-31-21)23-30-19(15-37-23)22(35)29-18-14-34(32-20(18)17-13-26-6-7-27-17)24(4-2-1-3-5-24)33-8-10-36-11-9-33/h6-7,12-15H,1-5,8-11H2,(H,28,31)(H,29,35). The molecule has 0 atom stereocenters. The number of oxazole rings is 1. The Bertz CT molecular complexity index is 1370. The monoisotopic (exact) mass is 507 g/mol. The Kier molecular flexibility index (Phi) is 6.22. The molecule has 13 heteroatoms. The normalized spacial score (nSPS) is 18.1. The molecular weight excluding hydrogens is 481 g/mol. The van der Waals surface area contributed by atoms with Crippen LogP contribution in [-0.2, 0) is 10.4 Å². The predicted octanol–water partition coefficient (Wildman–Crippen LogP) is 3.06. The van der Waals surface area contributed by atoms with Crippen LogP contribution in [0.1, 0.15) is 42.6 Å². The number of aromatic nitrogens is 7. The fourth-order valence-electron chi connectivity index (χ4n) is 5.19. The van der Waals surface area contributed by atoms with E-state index in [1.54, 1.807) is 18.6 Å². The van der Waals surface area contributed by atoms with Crippen molar-refractivity contribution in [1.29, 1.82) is 0 Å². The van der Waals surface area contributed by atoms with Crippen LogP contribution in [0.2, 0.25) is 0 Å². The lowest BCUT2D eigenvalue weighted by atomic mass is 9.87. The van der Waals surface area contributed by atoms with Gasteiger partial charge >= 0.3 is 0 Å². The van der Waals surface area contributed by atoms with Gasteiger partial charge in [-0.25, -0.2) is 9.67 Å². The molecule has 0 bridgehead atoms. The first-order valence-electron chi connectivity index (χ1n) is 12.3. The maximum Gasteiger partial charge on any atom is 0.277 e. The zero-order chi connectivity index (χ0) is 25.2. The largest absolute Gasteiger partial charge is 0.443 e. The Morgan fingerprint density at radius 3 is 2.73 bits per heavy atom. The minimum absolute atomic E-state index is 0.00555. The number of rotatable bonds is 6. The molecule has 1 amide bonds. The van der Waals surface area contributed by atoms with Gasteiger partial charge in [0.15, 0.2) is 5.69 Å². The first-order valence-corrected chi connectivity index (χ1v) is 12.3. The molecule has 1 aliphatic heterocycles. The third-order valence-corrected chi connectivity index (χ3v) is 7.01. The van der Waals surface area contributed by atoms with Crippen molar-refractivity contribution in [3.05, 3.63) is 48.9 Å². The molecule has 4 aromatic heterocycles. The van der Waals surface area contributed by atoms with Crippen LogP contribution in [0.5, 0.6) is 0 Å². The number of carbonyl (C=O) groups excluding carboxylic acids is 1. The first-order chi connectivity index (χ1) is 18.1. The number of ether oxygens (including phenoxy) is 1. The van der Waals surface area contributed by atoms with Crippen LogP contribution in [0, 0.1) is 5.95 Å². The molecule has 1 aliphatic carbocycles. The van der Waals surface area contributed by atoms with Gasteiger partial charge in [0.05, 0.1) is 31.3 Å². The average molecular weight is 508 g/mol. The van der Waals surface area contributed by atoms with E-state index in [9.17, 15) is 9.18 Å². The third kappa shape index (κ3) is 4.40. The topological polar surface area (TPSA) is 140 Å². The van der Waals surface area contributed by atoms with Crippen molar-refractivity contribution < 1.29 is 18.3 Å². The SMILES string of the molecule is O=C(Nc1cn(C2(N3CCOCC3)CCCCC2)nc1-c1cnccn1)c1coc(-c2c[nH]nc2F)n1. The summed E-state index contributed by atoms with van der Waals surface area (Å²) in [5.41, 5.74) is 1.23. The number of hydrogen-bond acceptors (Lipinski definition) is 9. The van der Waals surface area contributed by atoms with Crippen molar-refractivity contribution >= 4 is 11.6 Å². The number of carbonyl (C=O) groups is 1. The Morgan fingerprint density at radius 2 is 2.00 bits per heavy atom. The van der Waals surface area contributed by atoms with Crippen LogP contribution >= 0.6 is 0 Å². The number of morpholine rings is 1. The summed E-state index contributed by atoms with van der Waals surface area (Å²) in [4.78, 5) is 28.4. The summed E-state index contributed by atoms with van der Waals surface area (Å²) in [6.07, 6.45) is 14.4. The van der Waals surface area contributed by atoms with Gasteiger partial charge in [-0.05, 0) is 25.7 Å². The second-order valence-corrected chi connectivity index (χ2v) is 9.15. The summed E-state index contributed by atoms with van der Waals surface area (Å²) < 4.78 is 26.7. The summed E-state index contributed by atoms with van der Waals surface area (Å²) in [5, 5.41) is 13.7. The lowest BCUT2D eigenvalue weighted by Crippen LogP contribution is -2.56. The van der Waals surface area contributed by atoms with Crippen molar-refractivity contribution in [2.24, 2.45) is 0 Å². The highest BCUT2D eigenvalue weighted by molar-refractivity contribution is 6.04. The number of anilines is 1. The van der Waals surface area contributed by atoms with E-state index < -0.39 is 11.9 Å². The Hall–Kier alpha value is -3.97. The van der Waals surface area contributed by atoms with Crippen LogP contribution in [0.4, 0.5) is 10.1 Å². The molecule has 192 valence electrons. The summed E-state index contributed by atoms with van der Waals surface area (Å²) in [7, 11) is 0. The lowest BCUT2D eigenvalue weighted by Gasteiger charge is -2.47. The van der Waals surface area contributed by atoms with E-state index in [4.69, 9.17) is 14.3 Å². The van der Waals surface area contributed by atoms with E-state index in [0.29, 0.717) is 30.3 Å². The molecule has 0 radical (unpaired) electrons. The van der Waals surface area contributed by atoms with E-state index in [0.717, 1.165) is 38.8 Å². The van der Waals surface area contributed by atoms with E-state index in [1.807, 2.05) is 10.9 Å². The summed E-state index contributed by atoms with van der Waals surface area (Å²) in [6, 6.07) is 0. The van der Waals surface area contributed by atoms with E-state index in [1.165, 1.54) is 18.9 Å². The molecule has 1 saturated heterocycles. The minimum atomic E-state index is -0.763. The number of hydrogen-bond donors (Lipinski definition) is 2. The van der Waals surface area contributed by atoms with Gasteiger partial charge in [0.1, 0.15) is 28.9 Å². The molecule has 2 fully saturated rings. The smallest absolute Gasteiger partial charge is 0.277 e. The number of nitrogens with one attached hydrogen (secondary N) is 2. The molecule has 2 N–H and O–H groups in total. The van der Waals surface area contributed by atoms with Crippen LogP contribution in [0.3, 0.4) is 0 Å². The van der Waals surface area contributed by atoms with Crippen LogP contribution in [-0.4, -0.2) is 72.0 Å². The number of halogens is 1. The molecule has 37 heavy (non-hydrogen) atoms. The van der Waals surface area contributed by atoms with Gasteiger partial charge in [0.2, 0.25) is 11.8 Å². The highest BCUT2D eigenvalue weighted by atomic mass is 19.1. The maximum absolute atomic E-state index is 13.8. The van der Waals surface area contributed by atoms with Crippen molar-refractivity contribution in [2.45, 2.75) is 37.8 Å². The van der Waals surface area contributed by atoms with Gasteiger partial charge in [-0.3, -0.25) is 24.8 Å². The summed E-state index contributed by atoms with van der Waals surface area (Å²) in [5.74, 6) is -1.33. The fourth-order valence-corrected chi connectivity index (χ4v) is 5.19. The lowest BCUT2D eigenvalue weighted by molar-refractivity contribution is -0.0831. The zero-order valence-corrected chi connectivity index (χ0v) is 20.1. The predicted molar refractivity (Wildman–Crippen MR) is 129 cm³/mol. The van der Waals surface area contributed by atoms with Crippen LogP contribution < -0.4 is 5.32 Å². The van der Waals surface area contributed by atoms with Gasteiger partial charge < -0.3 is 14.5 Å². The van der Waals surface area contributed by atoms with Crippen molar-refractivity contribution in [3.63, 3.8) is 0 Å². The summed E-state index contributed by atoms with van der Waals surface area (Å²) >= 11 is 0. The van der Waals surface area contributed by atoms with Gasteiger partial charge in [-0.2, -0.15) is 9.49 Å². The van der Waals surface area contributed by atoms with Crippen LogP contribution in [0.15, 0.2) is 41.7 Å². The third-order valence-electron chi connectivity index (χ3n) is 7.01. The second kappa shape index (κ2) is 9.82. The molecule has 2 aliphatic rings.